The minimum atomic E-state index is -2.00. The van der Waals surface area contributed by atoms with Crippen molar-refractivity contribution >= 4 is 0 Å². The maximum absolute atomic E-state index is 8.50. The van der Waals surface area contributed by atoms with E-state index in [1.807, 2.05) is 0 Å². The molecule has 0 aliphatic rings. The third-order valence-electron chi connectivity index (χ3n) is 0. The Morgan fingerprint density at radius 3 is 1.33 bits per heavy atom. The minimum absolute atomic E-state index is 1.50. The van der Waals surface area contributed by atoms with Gasteiger partial charge in [-0.15, -0.1) is 0 Å². The summed E-state index contributed by atoms with van der Waals surface area (Å²) in [5.74, 6) is 0. The summed E-state index contributed by atoms with van der Waals surface area (Å²) in [6, 6.07) is 0. The molecule has 0 unspecified atom stereocenters. The molecule has 0 atom stereocenters. The van der Waals surface area contributed by atoms with E-state index in [0.717, 1.165) is 0 Å². The van der Waals surface area contributed by atoms with Crippen LogP contribution >= 0.6 is 0 Å². The van der Waals surface area contributed by atoms with Gasteiger partial charge in [0, 0.05) is 0 Å². The molecule has 0 aromatic heterocycles. The van der Waals surface area contributed by atoms with E-state index in [1.165, 1.54) is 4.91 Å². The van der Waals surface area contributed by atoms with Gasteiger partial charge >= 0.3 is 25.7 Å². The van der Waals surface area contributed by atoms with Crippen LogP contribution in [-0.2, 0) is 25.7 Å². The Morgan fingerprint density at radius 2 is 1.33 bits per heavy atom. The van der Waals surface area contributed by atoms with Gasteiger partial charge in [-0.1, -0.05) is 0 Å². The van der Waals surface area contributed by atoms with Crippen molar-refractivity contribution in [1.82, 2.24) is 0 Å². The summed E-state index contributed by atoms with van der Waals surface area (Å²) in [6.45, 7) is 0. The summed E-state index contributed by atoms with van der Waals surface area (Å²) in [5, 5.41) is 0. The second kappa shape index (κ2) is 23.0. The van der Waals surface area contributed by atoms with Crippen molar-refractivity contribution < 1.29 is 25.7 Å². The SMILES string of the molecule is [N-]=[N+]=[N-].[O]=[Ti]=[O]. The van der Waals surface area contributed by atoms with Crippen LogP contribution in [0.4, 0.5) is 0 Å². The summed E-state index contributed by atoms with van der Waals surface area (Å²) >= 11 is -2.00. The van der Waals surface area contributed by atoms with E-state index < -0.39 is 19.1 Å². The Kier molecular flexibility index (Phi) is 35.1. The Bertz CT molecular complexity index is 62.8. The van der Waals surface area contributed by atoms with Crippen molar-refractivity contribution in [2.24, 2.45) is 0 Å². The van der Waals surface area contributed by atoms with E-state index in [9.17, 15) is 0 Å². The van der Waals surface area contributed by atoms with Crippen molar-refractivity contribution in [3.05, 3.63) is 16.0 Å². The zero-order valence-corrected chi connectivity index (χ0v) is 4.22. The molecule has 0 aromatic rings. The summed E-state index contributed by atoms with van der Waals surface area (Å²) in [4.78, 5) is 1.50. The first kappa shape index (κ1) is 9.16. The van der Waals surface area contributed by atoms with Gasteiger partial charge in [-0.25, -0.2) is 0 Å². The van der Waals surface area contributed by atoms with Crippen molar-refractivity contribution in [3.8, 4) is 0 Å². The average molecular weight is 122 g/mol. The van der Waals surface area contributed by atoms with Crippen LogP contribution in [0, 0.1) is 0 Å². The molecule has 0 amide bonds. The predicted octanol–water partition coefficient (Wildman–Crippen LogP) is 0.626. The topological polar surface area (TPSA) is 92.8 Å². The second-order valence-corrected chi connectivity index (χ2v) is 0.433. The molecule has 0 radical (unpaired) electrons. The van der Waals surface area contributed by atoms with Crippen LogP contribution in [0.5, 0.6) is 0 Å². The molecular formula is N3O2Ti-. The first-order chi connectivity index (χ1) is 2.83. The maximum atomic E-state index is 8.50. The van der Waals surface area contributed by atoms with Crippen LogP contribution in [0.2, 0.25) is 0 Å². The molecule has 0 N–H and O–H groups in total. The third-order valence-corrected chi connectivity index (χ3v) is 0. The summed E-state index contributed by atoms with van der Waals surface area (Å²) in [6.07, 6.45) is 0. The molecule has 0 aliphatic heterocycles. The Hall–Kier alpha value is -0.376. The van der Waals surface area contributed by atoms with Gasteiger partial charge in [-0.05, 0) is 0 Å². The van der Waals surface area contributed by atoms with Crippen molar-refractivity contribution in [1.29, 1.82) is 0 Å². The monoisotopic (exact) mass is 122 g/mol. The normalized spacial score (nSPS) is 2.67. The molecule has 0 heterocycles. The molecule has 6 heavy (non-hydrogen) atoms. The van der Waals surface area contributed by atoms with E-state index in [2.05, 4.69) is 0 Å². The molecule has 0 saturated heterocycles. The van der Waals surface area contributed by atoms with E-state index in [4.69, 9.17) is 17.7 Å². The van der Waals surface area contributed by atoms with Crippen LogP contribution in [0.15, 0.2) is 0 Å². The predicted molar refractivity (Wildman–Crippen MR) is 11.5 cm³/mol. The van der Waals surface area contributed by atoms with Crippen LogP contribution in [0.1, 0.15) is 0 Å². The average Bonchev–Trinajstić information content (AvgIpc) is 1.39. The fraction of sp³-hybridized carbons (Fsp3) is 0. The molecule has 32 valence electrons. The molecule has 0 bridgehead atoms. The van der Waals surface area contributed by atoms with Gasteiger partial charge in [-0.2, -0.15) is 0 Å². The number of rotatable bonds is 0. The fourth-order valence-corrected chi connectivity index (χ4v) is 0. The van der Waals surface area contributed by atoms with Crippen LogP contribution in [0.25, 0.3) is 16.0 Å². The standard InChI is InChI=1S/N3.2O.Ti/c1-3-2;;;/q-1;;;. The van der Waals surface area contributed by atoms with Gasteiger partial charge in [0.1, 0.15) is 0 Å². The number of nitrogens with zero attached hydrogens (tertiary/aromatic N) is 3. The summed E-state index contributed by atoms with van der Waals surface area (Å²) in [7, 11) is 0. The Morgan fingerprint density at radius 1 is 1.33 bits per heavy atom. The summed E-state index contributed by atoms with van der Waals surface area (Å²) < 4.78 is 17.0. The zero-order valence-electron chi connectivity index (χ0n) is 2.66. The Labute approximate surface area is 42.3 Å². The van der Waals surface area contributed by atoms with Crippen molar-refractivity contribution in [2.45, 2.75) is 0 Å². The quantitative estimate of drug-likeness (QED) is 0.204. The molecular weight excluding hydrogens is 122 g/mol. The summed E-state index contributed by atoms with van der Waals surface area (Å²) in [5.41, 5.74) is 13.5. The molecule has 0 rings (SSSR count). The molecule has 0 fully saturated rings. The van der Waals surface area contributed by atoms with Gasteiger partial charge in [0.05, 0.1) is 0 Å². The van der Waals surface area contributed by atoms with Crippen molar-refractivity contribution in [3.63, 3.8) is 0 Å². The molecule has 0 saturated carbocycles. The molecule has 0 spiro atoms. The van der Waals surface area contributed by atoms with Crippen LogP contribution < -0.4 is 0 Å². The van der Waals surface area contributed by atoms with E-state index in [-0.39, 0.29) is 0 Å². The first-order valence-electron chi connectivity index (χ1n) is 0.808. The van der Waals surface area contributed by atoms with E-state index in [1.54, 1.807) is 0 Å². The molecule has 6 heteroatoms. The van der Waals surface area contributed by atoms with Gasteiger partial charge in [0.25, 0.3) is 0 Å². The third kappa shape index (κ3) is 177. The second-order valence-electron chi connectivity index (χ2n) is 0.173. The Balaban J connectivity index is 0. The molecule has 5 nitrogen and oxygen atoms in total. The van der Waals surface area contributed by atoms with Gasteiger partial charge in [0.2, 0.25) is 0 Å². The van der Waals surface area contributed by atoms with Gasteiger partial charge < -0.3 is 11.1 Å². The van der Waals surface area contributed by atoms with Gasteiger partial charge in [-0.3, -0.25) is 4.91 Å². The van der Waals surface area contributed by atoms with Crippen LogP contribution in [-0.4, -0.2) is 0 Å². The van der Waals surface area contributed by atoms with Crippen molar-refractivity contribution in [2.75, 3.05) is 0 Å². The van der Waals surface area contributed by atoms with E-state index >= 15 is 0 Å². The number of hydrogen-bond donors (Lipinski definition) is 0. The van der Waals surface area contributed by atoms with Gasteiger partial charge in [0.15, 0.2) is 0 Å². The number of hydrogen-bond acceptors (Lipinski definition) is 2. The molecule has 0 aliphatic carbocycles. The first-order valence-corrected chi connectivity index (χ1v) is 2.08. The molecule has 0 aromatic carbocycles. The van der Waals surface area contributed by atoms with E-state index in [0.29, 0.717) is 0 Å². The zero-order chi connectivity index (χ0) is 5.41. The fourth-order valence-electron chi connectivity index (χ4n) is 0. The van der Waals surface area contributed by atoms with Crippen LogP contribution in [0.3, 0.4) is 0 Å².